The number of alkyl halides is 2. The smallest absolute Gasteiger partial charge is 0.318 e. The van der Waals surface area contributed by atoms with Crippen molar-refractivity contribution >= 4 is 0 Å². The molecule has 0 amide bonds. The lowest BCUT2D eigenvalue weighted by Crippen LogP contribution is -2.20. The molecule has 1 atom stereocenters. The Hall–Kier alpha value is -0.900. The molecule has 2 N–H and O–H groups in total. The summed E-state index contributed by atoms with van der Waals surface area (Å²) in [5, 5.41) is 0. The molecule has 4 heteroatoms. The first-order valence-corrected chi connectivity index (χ1v) is 3.80. The Morgan fingerprint density at radius 3 is 2.75 bits per heavy atom. The Balaban J connectivity index is 2.77. The van der Waals surface area contributed by atoms with Crippen molar-refractivity contribution in [3.05, 3.63) is 24.0 Å². The van der Waals surface area contributed by atoms with Crippen molar-refractivity contribution in [2.75, 3.05) is 0 Å². The van der Waals surface area contributed by atoms with E-state index in [4.69, 9.17) is 5.73 Å². The van der Waals surface area contributed by atoms with E-state index in [1.165, 1.54) is 6.20 Å². The van der Waals surface area contributed by atoms with E-state index in [-0.39, 0.29) is 6.04 Å². The van der Waals surface area contributed by atoms with Crippen LogP contribution in [0.25, 0.3) is 0 Å². The zero-order valence-electron chi connectivity index (χ0n) is 6.87. The Morgan fingerprint density at radius 2 is 2.25 bits per heavy atom. The number of hydrogen-bond donors (Lipinski definition) is 1. The van der Waals surface area contributed by atoms with Crippen LogP contribution in [-0.4, -0.2) is 10.6 Å². The summed E-state index contributed by atoms with van der Waals surface area (Å²) in [4.78, 5) is 0. The first-order chi connectivity index (χ1) is 5.61. The quantitative estimate of drug-likeness (QED) is 0.743. The molecule has 68 valence electrons. The Labute approximate surface area is 70.0 Å². The average molecular weight is 174 g/mol. The number of nitrogens with zero attached hydrogens (tertiary/aromatic N) is 1. The summed E-state index contributed by atoms with van der Waals surface area (Å²) >= 11 is 0. The maximum Gasteiger partial charge on any atom is 0.318 e. The molecule has 0 saturated heterocycles. The highest BCUT2D eigenvalue weighted by Crippen LogP contribution is 2.15. The van der Waals surface area contributed by atoms with Crippen molar-refractivity contribution in [1.82, 2.24) is 4.57 Å². The van der Waals surface area contributed by atoms with Crippen LogP contribution in [0.2, 0.25) is 0 Å². The van der Waals surface area contributed by atoms with Crippen LogP contribution >= 0.6 is 0 Å². The third-order valence-corrected chi connectivity index (χ3v) is 1.61. The van der Waals surface area contributed by atoms with Crippen LogP contribution in [0, 0.1) is 0 Å². The second-order valence-electron chi connectivity index (χ2n) is 2.87. The number of halogens is 2. The molecule has 1 aromatic heterocycles. The Morgan fingerprint density at radius 1 is 1.58 bits per heavy atom. The first-order valence-electron chi connectivity index (χ1n) is 3.80. The second-order valence-corrected chi connectivity index (χ2v) is 2.87. The van der Waals surface area contributed by atoms with Gasteiger partial charge in [-0.15, -0.1) is 0 Å². The molecule has 1 heterocycles. The van der Waals surface area contributed by atoms with Gasteiger partial charge in [-0.2, -0.15) is 8.78 Å². The predicted octanol–water partition coefficient (Wildman–Crippen LogP) is 1.77. The molecule has 1 rings (SSSR count). The molecular formula is C8H12F2N2. The lowest BCUT2D eigenvalue weighted by molar-refractivity contribution is 0.0676. The molecule has 0 aliphatic heterocycles. The fraction of sp³-hybridized carbons (Fsp3) is 0.500. The van der Waals surface area contributed by atoms with Gasteiger partial charge in [0.2, 0.25) is 0 Å². The number of hydrogen-bond acceptors (Lipinski definition) is 1. The fourth-order valence-corrected chi connectivity index (χ4v) is 1.12. The van der Waals surface area contributed by atoms with Crippen molar-refractivity contribution in [3.8, 4) is 0 Å². The van der Waals surface area contributed by atoms with Crippen molar-refractivity contribution in [3.63, 3.8) is 0 Å². The van der Waals surface area contributed by atoms with Crippen molar-refractivity contribution in [2.45, 2.75) is 25.9 Å². The molecule has 0 fully saturated rings. The molecule has 0 aromatic carbocycles. The standard InChI is InChI=1S/C8H12F2N2/c1-6(11)5-7-3-2-4-12(7)8(9)10/h2-4,6,8H,5,11H2,1H3. The molecule has 0 aliphatic rings. The summed E-state index contributed by atoms with van der Waals surface area (Å²) in [6.07, 6.45) is 1.85. The Bertz CT molecular complexity index is 243. The van der Waals surface area contributed by atoms with E-state index >= 15 is 0 Å². The molecule has 0 aliphatic carbocycles. The lowest BCUT2D eigenvalue weighted by Gasteiger charge is -2.09. The fourth-order valence-electron chi connectivity index (χ4n) is 1.12. The van der Waals surface area contributed by atoms with Gasteiger partial charge in [-0.25, -0.2) is 0 Å². The van der Waals surface area contributed by atoms with Crippen LogP contribution in [0.15, 0.2) is 18.3 Å². The molecular weight excluding hydrogens is 162 g/mol. The Kier molecular flexibility index (Phi) is 2.81. The van der Waals surface area contributed by atoms with Crippen molar-refractivity contribution in [1.29, 1.82) is 0 Å². The molecule has 0 spiro atoms. The van der Waals surface area contributed by atoms with E-state index in [0.717, 1.165) is 4.57 Å². The first kappa shape index (κ1) is 9.19. The summed E-state index contributed by atoms with van der Waals surface area (Å²) < 4.78 is 25.4. The van der Waals surface area contributed by atoms with Gasteiger partial charge in [0, 0.05) is 24.4 Å². The summed E-state index contributed by atoms with van der Waals surface area (Å²) in [5.41, 5.74) is 6.08. The zero-order chi connectivity index (χ0) is 9.14. The van der Waals surface area contributed by atoms with Crippen LogP contribution < -0.4 is 5.73 Å². The number of rotatable bonds is 3. The highest BCUT2D eigenvalue weighted by Gasteiger charge is 2.10. The van der Waals surface area contributed by atoms with Gasteiger partial charge in [-0.1, -0.05) is 0 Å². The van der Waals surface area contributed by atoms with Gasteiger partial charge in [-0.05, 0) is 19.1 Å². The summed E-state index contributed by atoms with van der Waals surface area (Å²) in [6.45, 7) is -0.670. The highest BCUT2D eigenvalue weighted by molar-refractivity contribution is 5.08. The minimum atomic E-state index is -2.46. The highest BCUT2D eigenvalue weighted by atomic mass is 19.3. The molecule has 1 unspecified atom stereocenters. The van der Waals surface area contributed by atoms with Gasteiger partial charge in [-0.3, -0.25) is 4.57 Å². The van der Waals surface area contributed by atoms with E-state index in [2.05, 4.69) is 0 Å². The monoisotopic (exact) mass is 174 g/mol. The molecule has 0 saturated carbocycles. The van der Waals surface area contributed by atoms with Gasteiger partial charge in [0.05, 0.1) is 0 Å². The average Bonchev–Trinajstić information content (AvgIpc) is 2.33. The zero-order valence-corrected chi connectivity index (χ0v) is 6.87. The van der Waals surface area contributed by atoms with E-state index < -0.39 is 6.55 Å². The van der Waals surface area contributed by atoms with E-state index in [9.17, 15) is 8.78 Å². The third-order valence-electron chi connectivity index (χ3n) is 1.61. The van der Waals surface area contributed by atoms with Crippen LogP contribution in [0.3, 0.4) is 0 Å². The van der Waals surface area contributed by atoms with Crippen LogP contribution in [-0.2, 0) is 6.42 Å². The van der Waals surface area contributed by atoms with E-state index in [1.807, 2.05) is 0 Å². The van der Waals surface area contributed by atoms with Crippen molar-refractivity contribution < 1.29 is 8.78 Å². The summed E-state index contributed by atoms with van der Waals surface area (Å²) in [5.74, 6) is 0. The summed E-state index contributed by atoms with van der Waals surface area (Å²) in [6, 6.07) is 3.18. The van der Waals surface area contributed by atoms with Gasteiger partial charge >= 0.3 is 6.55 Å². The predicted molar refractivity (Wildman–Crippen MR) is 43.0 cm³/mol. The molecule has 0 radical (unpaired) electrons. The van der Waals surface area contributed by atoms with Crippen LogP contribution in [0.1, 0.15) is 19.2 Å². The molecule has 0 bridgehead atoms. The largest absolute Gasteiger partial charge is 0.328 e. The maximum atomic E-state index is 12.2. The molecule has 12 heavy (non-hydrogen) atoms. The number of aromatic nitrogens is 1. The molecule has 2 nitrogen and oxygen atoms in total. The summed E-state index contributed by atoms with van der Waals surface area (Å²) in [7, 11) is 0. The van der Waals surface area contributed by atoms with Gasteiger partial charge < -0.3 is 5.73 Å². The van der Waals surface area contributed by atoms with Crippen LogP contribution in [0.4, 0.5) is 8.78 Å². The van der Waals surface area contributed by atoms with E-state index in [0.29, 0.717) is 12.1 Å². The SMILES string of the molecule is CC(N)Cc1cccn1C(F)F. The lowest BCUT2D eigenvalue weighted by atomic mass is 10.2. The third kappa shape index (κ3) is 2.04. The normalized spacial score (nSPS) is 13.8. The van der Waals surface area contributed by atoms with Gasteiger partial charge in [0.15, 0.2) is 0 Å². The maximum absolute atomic E-state index is 12.2. The number of nitrogens with two attached hydrogens (primary N) is 1. The van der Waals surface area contributed by atoms with Gasteiger partial charge in [0.1, 0.15) is 0 Å². The topological polar surface area (TPSA) is 30.9 Å². The molecule has 1 aromatic rings. The van der Waals surface area contributed by atoms with Crippen LogP contribution in [0.5, 0.6) is 0 Å². The second kappa shape index (κ2) is 3.67. The minimum Gasteiger partial charge on any atom is -0.328 e. The minimum absolute atomic E-state index is 0.0857. The van der Waals surface area contributed by atoms with Gasteiger partial charge in [0.25, 0.3) is 0 Å². The van der Waals surface area contributed by atoms with Crippen molar-refractivity contribution in [2.24, 2.45) is 5.73 Å². The van der Waals surface area contributed by atoms with E-state index in [1.54, 1.807) is 19.1 Å².